The summed E-state index contributed by atoms with van der Waals surface area (Å²) in [6.07, 6.45) is 0. The van der Waals surface area contributed by atoms with Crippen LogP contribution in [0.4, 0.5) is 0 Å². The minimum atomic E-state index is 0. The summed E-state index contributed by atoms with van der Waals surface area (Å²) in [5, 5.41) is 0. The van der Waals surface area contributed by atoms with E-state index in [1.54, 1.807) is 0 Å². The van der Waals surface area contributed by atoms with Crippen LogP contribution in [0.15, 0.2) is 0 Å². The van der Waals surface area contributed by atoms with Crippen molar-refractivity contribution < 1.29 is 61.7 Å². The van der Waals surface area contributed by atoms with Crippen molar-refractivity contribution in [2.24, 2.45) is 0 Å². The Balaban J connectivity index is 0. The van der Waals surface area contributed by atoms with Gasteiger partial charge in [-0.1, -0.05) is 0 Å². The topological polar surface area (TPSA) is 0 Å². The molecule has 0 aliphatic carbocycles. The summed E-state index contributed by atoms with van der Waals surface area (Å²) in [7, 11) is 0. The van der Waals surface area contributed by atoms with Crippen molar-refractivity contribution >= 4 is 55.1 Å². The van der Waals surface area contributed by atoms with Gasteiger partial charge in [-0.3, -0.25) is 0 Å². The fourth-order valence-corrected chi connectivity index (χ4v) is 0. The molecule has 0 spiro atoms. The van der Waals surface area contributed by atoms with Crippen LogP contribution >= 0.6 is 0 Å². The third-order valence-electron chi connectivity index (χ3n) is 0. The molecule has 0 N–H and O–H groups in total. The van der Waals surface area contributed by atoms with Gasteiger partial charge in [0.2, 0.25) is 0 Å². The zero-order valence-corrected chi connectivity index (χ0v) is 4.68. The van der Waals surface area contributed by atoms with E-state index >= 15 is 0 Å². The van der Waals surface area contributed by atoms with E-state index in [0.29, 0.717) is 0 Å². The minimum absolute atomic E-state index is 0. The van der Waals surface area contributed by atoms with Crippen molar-refractivity contribution in [3.63, 3.8) is 0 Å². The second kappa shape index (κ2) is 15.8. The van der Waals surface area contributed by atoms with E-state index in [1.807, 2.05) is 0 Å². The molecule has 22 valence electrons. The van der Waals surface area contributed by atoms with Gasteiger partial charge in [0.1, 0.15) is 0 Å². The number of hydrogen-bond acceptors (Lipinski definition) is 0. The van der Waals surface area contributed by atoms with Crippen molar-refractivity contribution in [2.45, 2.75) is 0 Å². The first-order chi connectivity index (χ1) is 0. The van der Waals surface area contributed by atoms with Crippen LogP contribution in [-0.4, -0.2) is 55.1 Å². The van der Waals surface area contributed by atoms with Crippen LogP contribution in [0.1, 0.15) is 0 Å². The first-order valence-electron chi connectivity index (χ1n) is 0. The molecule has 0 atom stereocenters. The summed E-state index contributed by atoms with van der Waals surface area (Å²) in [5.41, 5.74) is 0. The van der Waals surface area contributed by atoms with E-state index < -0.39 is 0 Å². The van der Waals surface area contributed by atoms with Gasteiger partial charge < -0.3 is 0 Å². The molecule has 0 radical (unpaired) electrons. The summed E-state index contributed by atoms with van der Waals surface area (Å²) in [4.78, 5) is 0. The van der Waals surface area contributed by atoms with Crippen molar-refractivity contribution in [3.8, 4) is 0 Å². The molecule has 0 saturated heterocycles. The Labute approximate surface area is 114 Å². The second-order valence-electron chi connectivity index (χ2n) is 0. The largest absolute Gasteiger partial charge is 0 e. The van der Waals surface area contributed by atoms with E-state index in [4.69, 9.17) is 0 Å². The molecule has 0 aliphatic heterocycles. The quantitative estimate of drug-likeness (QED) is 0.445. The molecule has 0 bridgehead atoms. The molecule has 0 heterocycles. The standard InChI is InChI=1S/Al.Ca.Gd.Ti.5H. The van der Waals surface area contributed by atoms with Gasteiger partial charge in [0, 0.05) is 61.7 Å². The van der Waals surface area contributed by atoms with E-state index in [-0.39, 0.29) is 117 Å². The van der Waals surface area contributed by atoms with Crippen LogP contribution in [0.25, 0.3) is 0 Å². The predicted molar refractivity (Wildman–Crippen MR) is 18.5 cm³/mol. The van der Waals surface area contributed by atoms with Crippen LogP contribution in [0.3, 0.4) is 0 Å². The van der Waals surface area contributed by atoms with Gasteiger partial charge in [0.15, 0.2) is 17.4 Å². The molecule has 0 rings (SSSR count). The predicted octanol–water partition coefficient (Wildman–Crippen LogP) is -2.10. The van der Waals surface area contributed by atoms with Crippen molar-refractivity contribution in [3.05, 3.63) is 0 Å². The van der Waals surface area contributed by atoms with Gasteiger partial charge in [-0.15, -0.1) is 0 Å². The maximum absolute atomic E-state index is 0. The summed E-state index contributed by atoms with van der Waals surface area (Å²) < 4.78 is 0. The van der Waals surface area contributed by atoms with E-state index in [2.05, 4.69) is 0 Å². The van der Waals surface area contributed by atoms with Gasteiger partial charge in [-0.2, -0.15) is 0 Å². The second-order valence-corrected chi connectivity index (χ2v) is 0. The van der Waals surface area contributed by atoms with E-state index in [1.165, 1.54) is 0 Å². The third kappa shape index (κ3) is 9.27. The van der Waals surface area contributed by atoms with Crippen molar-refractivity contribution in [2.75, 3.05) is 0 Å². The molecular formula is H5AlCaGdTi. The van der Waals surface area contributed by atoms with Crippen LogP contribution in [0.2, 0.25) is 0 Å². The molecule has 0 unspecified atom stereocenters. The molecule has 4 heteroatoms. The SMILES string of the molecule is [AlH3].[CaH2].[Gd].[Ti]. The Hall–Kier alpha value is 3.83. The average molecular weight is 277 g/mol. The molecule has 0 fully saturated rings. The Kier molecular flexibility index (Phi) is 98.5. The van der Waals surface area contributed by atoms with Gasteiger partial charge in [0.05, 0.1) is 0 Å². The Morgan fingerprint density at radius 2 is 1.00 bits per heavy atom. The molecule has 0 aromatic carbocycles. The summed E-state index contributed by atoms with van der Waals surface area (Å²) in [6, 6.07) is 0. The van der Waals surface area contributed by atoms with Crippen molar-refractivity contribution in [1.82, 2.24) is 0 Å². The zero-order chi connectivity index (χ0) is 0. The third-order valence-corrected chi connectivity index (χ3v) is 0. The van der Waals surface area contributed by atoms with Crippen LogP contribution in [0.5, 0.6) is 0 Å². The summed E-state index contributed by atoms with van der Waals surface area (Å²) in [6.45, 7) is 0. The Morgan fingerprint density at radius 3 is 1.00 bits per heavy atom. The van der Waals surface area contributed by atoms with Crippen LogP contribution in [0, 0.1) is 39.9 Å². The molecule has 0 aromatic rings. The van der Waals surface area contributed by atoms with Gasteiger partial charge >= 0.3 is 37.7 Å². The van der Waals surface area contributed by atoms with E-state index in [0.717, 1.165) is 0 Å². The first-order valence-corrected chi connectivity index (χ1v) is 0. The maximum atomic E-state index is 0. The molecule has 0 aromatic heterocycles. The fraction of sp³-hybridized carbons (Fsp3) is 0. The molecular weight excluding hydrogens is 272 g/mol. The van der Waals surface area contributed by atoms with Gasteiger partial charge in [-0.05, 0) is 0 Å². The molecule has 0 amide bonds. The normalized spacial score (nSPS) is 0. The summed E-state index contributed by atoms with van der Waals surface area (Å²) >= 11 is 0. The van der Waals surface area contributed by atoms with Gasteiger partial charge in [0.25, 0.3) is 0 Å². The molecule has 0 aliphatic rings. The van der Waals surface area contributed by atoms with Crippen LogP contribution in [-0.2, 0) is 21.7 Å². The maximum Gasteiger partial charge on any atom is 0 e. The number of rotatable bonds is 0. The Bertz CT molecular complexity index is 8.00. The average Bonchev–Trinajstić information content (AvgIpc) is 0. The minimum Gasteiger partial charge on any atom is 0 e. The number of hydrogen-bond donors (Lipinski definition) is 0. The van der Waals surface area contributed by atoms with E-state index in [9.17, 15) is 0 Å². The summed E-state index contributed by atoms with van der Waals surface area (Å²) in [5.74, 6) is 0. The van der Waals surface area contributed by atoms with Crippen molar-refractivity contribution in [1.29, 1.82) is 0 Å². The smallest absolute Gasteiger partial charge is 0 e. The zero-order valence-electron chi connectivity index (χ0n) is 0.854. The molecule has 0 nitrogen and oxygen atoms in total. The fourth-order valence-electron chi connectivity index (χ4n) is 0. The monoisotopic (exact) mass is 278 g/mol. The molecule has 4 heavy (non-hydrogen) atoms. The first kappa shape index (κ1) is 24.9. The molecule has 0 saturated carbocycles. The van der Waals surface area contributed by atoms with Gasteiger partial charge in [-0.25, -0.2) is 0 Å². The Morgan fingerprint density at radius 1 is 1.00 bits per heavy atom. The van der Waals surface area contributed by atoms with Crippen LogP contribution < -0.4 is 0 Å².